The van der Waals surface area contributed by atoms with E-state index in [1.54, 1.807) is 20.9 Å². The summed E-state index contributed by atoms with van der Waals surface area (Å²) in [7, 11) is 1.59. The predicted molar refractivity (Wildman–Crippen MR) is 96.7 cm³/mol. The van der Waals surface area contributed by atoms with E-state index < -0.39 is 21.0 Å². The van der Waals surface area contributed by atoms with Crippen LogP contribution in [0, 0.1) is 20.2 Å². The van der Waals surface area contributed by atoms with E-state index in [1.165, 1.54) is 11.0 Å². The van der Waals surface area contributed by atoms with Crippen molar-refractivity contribution in [1.29, 1.82) is 0 Å². The van der Waals surface area contributed by atoms with Crippen molar-refractivity contribution in [2.45, 2.75) is 45.8 Å². The van der Waals surface area contributed by atoms with Crippen LogP contribution in [0.1, 0.15) is 45.7 Å². The third-order valence-corrected chi connectivity index (χ3v) is 4.59. The predicted octanol–water partition coefficient (Wildman–Crippen LogP) is 3.48. The second-order valence-corrected chi connectivity index (χ2v) is 7.44. The van der Waals surface area contributed by atoms with Crippen LogP contribution in [0.5, 0.6) is 0 Å². The minimum Gasteiger partial charge on any atom is -0.364 e. The van der Waals surface area contributed by atoms with E-state index in [-0.39, 0.29) is 22.6 Å². The lowest BCUT2D eigenvalue weighted by atomic mass is 9.80. The molecule has 1 aromatic carbocycles. The summed E-state index contributed by atoms with van der Waals surface area (Å²) in [6, 6.07) is 1.42. The normalized spacial score (nSPS) is 16.5. The van der Waals surface area contributed by atoms with Crippen molar-refractivity contribution < 1.29 is 19.3 Å². The average molecular weight is 367 g/mol. The average Bonchev–Trinajstić information content (AvgIpc) is 2.98. The fraction of sp³-hybridized carbons (Fsp3) is 0.647. The molecule has 0 aromatic heterocycles. The Balaban J connectivity index is 3.04. The van der Waals surface area contributed by atoms with Gasteiger partial charge in [0.05, 0.1) is 28.6 Å². The highest BCUT2D eigenvalue weighted by Gasteiger charge is 2.47. The standard InChI is InChI=1S/C17H25N3O6/c1-7-18(6)14-12(19(21)22)10-11(16(2,3)4)13(15(14)20(23)24)17(5)25-8-9-26-17/h10H,7-9H2,1-6H3. The maximum absolute atomic E-state index is 12.1. The molecule has 2 rings (SSSR count). The van der Waals surface area contributed by atoms with Gasteiger partial charge in [-0.15, -0.1) is 0 Å². The Bertz CT molecular complexity index is 735. The molecule has 0 aliphatic carbocycles. The molecule has 0 bridgehead atoms. The Hall–Kier alpha value is -2.26. The minimum absolute atomic E-state index is 0.0363. The lowest BCUT2D eigenvalue weighted by Gasteiger charge is -2.32. The summed E-state index contributed by atoms with van der Waals surface area (Å²) >= 11 is 0. The van der Waals surface area contributed by atoms with Crippen molar-refractivity contribution in [3.63, 3.8) is 0 Å². The summed E-state index contributed by atoms with van der Waals surface area (Å²) in [5.41, 5.74) is -0.547. The number of anilines is 1. The molecule has 0 atom stereocenters. The first-order valence-electron chi connectivity index (χ1n) is 8.43. The SMILES string of the molecule is CCN(C)c1c([N+](=O)[O-])cc(C(C)(C)C)c(C2(C)OCCO2)c1[N+](=O)[O-]. The zero-order valence-electron chi connectivity index (χ0n) is 16.0. The van der Waals surface area contributed by atoms with Gasteiger partial charge in [-0.25, -0.2) is 0 Å². The van der Waals surface area contributed by atoms with Gasteiger partial charge in [0, 0.05) is 19.7 Å². The summed E-state index contributed by atoms with van der Waals surface area (Å²) in [5, 5.41) is 23.8. The summed E-state index contributed by atoms with van der Waals surface area (Å²) in [5.74, 6) is -1.33. The van der Waals surface area contributed by atoms with Crippen LogP contribution in [0.2, 0.25) is 0 Å². The van der Waals surface area contributed by atoms with Crippen molar-refractivity contribution in [1.82, 2.24) is 0 Å². The third kappa shape index (κ3) is 3.36. The van der Waals surface area contributed by atoms with Gasteiger partial charge in [-0.3, -0.25) is 20.2 Å². The number of hydrogen-bond donors (Lipinski definition) is 0. The fourth-order valence-electron chi connectivity index (χ4n) is 3.21. The van der Waals surface area contributed by atoms with Crippen molar-refractivity contribution in [2.75, 3.05) is 31.7 Å². The second-order valence-electron chi connectivity index (χ2n) is 7.44. The third-order valence-electron chi connectivity index (χ3n) is 4.59. The van der Waals surface area contributed by atoms with Gasteiger partial charge in [-0.05, 0) is 24.8 Å². The molecule has 9 nitrogen and oxygen atoms in total. The largest absolute Gasteiger partial charge is 0.364 e. The van der Waals surface area contributed by atoms with Crippen LogP contribution in [-0.4, -0.2) is 36.7 Å². The van der Waals surface area contributed by atoms with Gasteiger partial charge < -0.3 is 14.4 Å². The van der Waals surface area contributed by atoms with Gasteiger partial charge in [0.15, 0.2) is 11.5 Å². The van der Waals surface area contributed by atoms with Crippen molar-refractivity contribution in [3.8, 4) is 0 Å². The van der Waals surface area contributed by atoms with Crippen LogP contribution >= 0.6 is 0 Å². The van der Waals surface area contributed by atoms with Gasteiger partial charge in [0.2, 0.25) is 0 Å². The van der Waals surface area contributed by atoms with Crippen molar-refractivity contribution in [3.05, 3.63) is 37.4 Å². The topological polar surface area (TPSA) is 108 Å². The molecule has 0 saturated carbocycles. The first kappa shape index (κ1) is 20.1. The molecule has 9 heteroatoms. The zero-order valence-corrected chi connectivity index (χ0v) is 16.0. The molecule has 26 heavy (non-hydrogen) atoms. The molecule has 0 radical (unpaired) electrons. The van der Waals surface area contributed by atoms with Crippen LogP contribution in [0.15, 0.2) is 6.07 Å². The van der Waals surface area contributed by atoms with Gasteiger partial charge in [-0.2, -0.15) is 0 Å². The zero-order chi connectivity index (χ0) is 19.9. The number of nitro benzene ring substituents is 2. The number of hydrogen-bond acceptors (Lipinski definition) is 7. The summed E-state index contributed by atoms with van der Waals surface area (Å²) in [6.45, 7) is 9.91. The molecule has 1 aliphatic rings. The van der Waals surface area contributed by atoms with E-state index in [2.05, 4.69) is 0 Å². The van der Waals surface area contributed by atoms with Crippen LogP contribution in [0.25, 0.3) is 0 Å². The lowest BCUT2D eigenvalue weighted by Crippen LogP contribution is -2.31. The van der Waals surface area contributed by atoms with E-state index in [1.807, 2.05) is 20.8 Å². The minimum atomic E-state index is -1.33. The molecular formula is C17H25N3O6. The first-order chi connectivity index (χ1) is 11.9. The maximum atomic E-state index is 12.1. The number of nitrogens with zero attached hydrogens (tertiary/aromatic N) is 3. The van der Waals surface area contributed by atoms with E-state index in [0.717, 1.165) is 0 Å². The number of ether oxygens (including phenoxy) is 2. The van der Waals surface area contributed by atoms with E-state index in [9.17, 15) is 20.2 Å². The molecule has 0 N–H and O–H groups in total. The van der Waals surface area contributed by atoms with Gasteiger partial charge in [-0.1, -0.05) is 20.8 Å². The highest BCUT2D eigenvalue weighted by molar-refractivity contribution is 5.80. The molecular weight excluding hydrogens is 342 g/mol. The lowest BCUT2D eigenvalue weighted by molar-refractivity contribution is -0.394. The molecule has 0 amide bonds. The number of rotatable bonds is 5. The monoisotopic (exact) mass is 367 g/mol. The Morgan fingerprint density at radius 2 is 1.73 bits per heavy atom. The van der Waals surface area contributed by atoms with Gasteiger partial charge in [0.1, 0.15) is 0 Å². The Labute approximate surface area is 152 Å². The summed E-state index contributed by atoms with van der Waals surface area (Å²) < 4.78 is 11.4. The highest BCUT2D eigenvalue weighted by Crippen LogP contribution is 2.50. The van der Waals surface area contributed by atoms with Crippen LogP contribution in [0.4, 0.5) is 17.1 Å². The molecule has 144 valence electrons. The highest BCUT2D eigenvalue weighted by atomic mass is 16.7. The van der Waals surface area contributed by atoms with Crippen LogP contribution in [-0.2, 0) is 20.7 Å². The Morgan fingerprint density at radius 3 is 2.12 bits per heavy atom. The molecule has 1 saturated heterocycles. The van der Waals surface area contributed by atoms with E-state index >= 15 is 0 Å². The quantitative estimate of drug-likeness (QED) is 0.579. The summed E-state index contributed by atoms with van der Waals surface area (Å²) in [4.78, 5) is 24.1. The van der Waals surface area contributed by atoms with Gasteiger partial charge in [0.25, 0.3) is 5.69 Å². The Kier molecular flexibility index (Phi) is 5.25. The van der Waals surface area contributed by atoms with Crippen LogP contribution in [0.3, 0.4) is 0 Å². The number of benzene rings is 1. The van der Waals surface area contributed by atoms with E-state index in [4.69, 9.17) is 9.47 Å². The Morgan fingerprint density at radius 1 is 1.19 bits per heavy atom. The molecule has 1 heterocycles. The van der Waals surface area contributed by atoms with Crippen molar-refractivity contribution >= 4 is 17.1 Å². The number of nitro groups is 2. The van der Waals surface area contributed by atoms with Crippen molar-refractivity contribution in [2.24, 2.45) is 0 Å². The molecule has 0 unspecified atom stereocenters. The molecule has 1 fully saturated rings. The first-order valence-corrected chi connectivity index (χ1v) is 8.43. The smallest absolute Gasteiger partial charge is 0.308 e. The molecule has 1 aliphatic heterocycles. The fourth-order valence-corrected chi connectivity index (χ4v) is 3.21. The van der Waals surface area contributed by atoms with Gasteiger partial charge >= 0.3 is 5.69 Å². The molecule has 1 aromatic rings. The molecule has 0 spiro atoms. The maximum Gasteiger partial charge on any atom is 0.308 e. The van der Waals surface area contributed by atoms with Crippen LogP contribution < -0.4 is 4.90 Å². The van der Waals surface area contributed by atoms with E-state index in [0.29, 0.717) is 25.3 Å². The summed E-state index contributed by atoms with van der Waals surface area (Å²) in [6.07, 6.45) is 0. The second kappa shape index (κ2) is 6.81.